The van der Waals surface area contributed by atoms with Gasteiger partial charge in [-0.05, 0) is 37.3 Å². The van der Waals surface area contributed by atoms with E-state index in [0.717, 1.165) is 4.31 Å². The lowest BCUT2D eigenvalue weighted by atomic mass is 10.3. The highest BCUT2D eigenvalue weighted by atomic mass is 35.5. The van der Waals surface area contributed by atoms with Crippen molar-refractivity contribution >= 4 is 56.1 Å². The van der Waals surface area contributed by atoms with E-state index in [9.17, 15) is 13.2 Å². The van der Waals surface area contributed by atoms with Gasteiger partial charge in [-0.2, -0.15) is 0 Å². The van der Waals surface area contributed by atoms with E-state index in [1.807, 2.05) is 18.2 Å². The Morgan fingerprint density at radius 2 is 1.96 bits per heavy atom. The van der Waals surface area contributed by atoms with Crippen molar-refractivity contribution < 1.29 is 17.6 Å². The number of hydrogen-bond acceptors (Lipinski definition) is 6. The zero-order valence-electron chi connectivity index (χ0n) is 15.3. The Bertz CT molecular complexity index is 1100. The largest absolute Gasteiger partial charge is 0.431 e. The number of carbonyl (C=O) groups is 1. The third kappa shape index (κ3) is 4.33. The van der Waals surface area contributed by atoms with Crippen LogP contribution in [0.25, 0.3) is 11.1 Å². The van der Waals surface area contributed by atoms with Gasteiger partial charge in [0.15, 0.2) is 5.58 Å². The molecule has 0 saturated heterocycles. The van der Waals surface area contributed by atoms with Crippen molar-refractivity contribution in [3.63, 3.8) is 0 Å². The van der Waals surface area contributed by atoms with Crippen molar-refractivity contribution in [1.82, 2.24) is 9.29 Å². The molecule has 1 heterocycles. The highest BCUT2D eigenvalue weighted by molar-refractivity contribution is 8.00. The predicted molar refractivity (Wildman–Crippen MR) is 110 cm³/mol. The molecule has 10 heteroatoms. The zero-order valence-corrected chi connectivity index (χ0v) is 17.7. The number of fused-ring (bicyclic) bond motifs is 1. The van der Waals surface area contributed by atoms with Crippen LogP contribution in [0.15, 0.2) is 57.0 Å². The number of amides is 1. The van der Waals surface area contributed by atoms with Crippen LogP contribution in [0, 0.1) is 0 Å². The second-order valence-corrected chi connectivity index (χ2v) is 9.95. The number of nitrogens with zero attached hydrogens (tertiary/aromatic N) is 2. The number of halogens is 1. The van der Waals surface area contributed by atoms with Crippen LogP contribution in [0.2, 0.25) is 5.02 Å². The summed E-state index contributed by atoms with van der Waals surface area (Å²) in [5.74, 6) is -0.317. The molecular formula is C18H18ClN3O4S2. The number of nitrogens with one attached hydrogen (secondary N) is 1. The minimum atomic E-state index is -3.73. The van der Waals surface area contributed by atoms with Crippen LogP contribution >= 0.6 is 23.4 Å². The molecule has 2 aromatic carbocycles. The first-order valence-corrected chi connectivity index (χ1v) is 10.9. The maximum Gasteiger partial charge on any atom is 0.257 e. The van der Waals surface area contributed by atoms with Crippen molar-refractivity contribution in [1.29, 1.82) is 0 Å². The molecule has 1 amide bonds. The van der Waals surface area contributed by atoms with Crippen LogP contribution in [0.5, 0.6) is 0 Å². The second-order valence-electron chi connectivity index (χ2n) is 6.13. The van der Waals surface area contributed by atoms with Crippen molar-refractivity contribution in [3.05, 3.63) is 47.5 Å². The third-order valence-electron chi connectivity index (χ3n) is 3.88. The monoisotopic (exact) mass is 439 g/mol. The summed E-state index contributed by atoms with van der Waals surface area (Å²) in [4.78, 5) is 16.8. The highest BCUT2D eigenvalue weighted by Gasteiger charge is 2.23. The molecule has 1 unspecified atom stereocenters. The molecule has 7 nitrogen and oxygen atoms in total. The van der Waals surface area contributed by atoms with Gasteiger partial charge in [0.25, 0.3) is 5.22 Å². The third-order valence-corrected chi connectivity index (χ3v) is 7.12. The average Bonchev–Trinajstić information content (AvgIpc) is 3.05. The minimum absolute atomic E-state index is 0.0729. The average molecular weight is 440 g/mol. The number of oxazole rings is 1. The Labute approximate surface area is 172 Å². The number of aromatic nitrogens is 1. The summed E-state index contributed by atoms with van der Waals surface area (Å²) in [5, 5.41) is 2.66. The van der Waals surface area contributed by atoms with Crippen LogP contribution in [-0.4, -0.2) is 43.0 Å². The summed E-state index contributed by atoms with van der Waals surface area (Å²) in [5.41, 5.74) is 1.70. The van der Waals surface area contributed by atoms with Crippen LogP contribution < -0.4 is 5.32 Å². The Kier molecular flexibility index (Phi) is 5.99. The van der Waals surface area contributed by atoms with E-state index >= 15 is 0 Å². The van der Waals surface area contributed by atoms with Gasteiger partial charge >= 0.3 is 0 Å². The van der Waals surface area contributed by atoms with E-state index < -0.39 is 15.3 Å². The van der Waals surface area contributed by atoms with Gasteiger partial charge in [-0.1, -0.05) is 35.5 Å². The molecule has 0 spiro atoms. The number of thioether (sulfide) groups is 1. The molecule has 0 aliphatic heterocycles. The number of benzene rings is 2. The summed E-state index contributed by atoms with van der Waals surface area (Å²) >= 11 is 7.20. The molecular weight excluding hydrogens is 422 g/mol. The topological polar surface area (TPSA) is 92.5 Å². The van der Waals surface area contributed by atoms with Crippen molar-refractivity contribution in [2.75, 3.05) is 19.4 Å². The molecule has 0 radical (unpaired) electrons. The molecule has 1 aromatic heterocycles. The molecule has 1 N–H and O–H groups in total. The fourth-order valence-corrected chi connectivity index (χ4v) is 4.48. The van der Waals surface area contributed by atoms with Crippen molar-refractivity contribution in [2.45, 2.75) is 22.3 Å². The predicted octanol–water partition coefficient (Wildman–Crippen LogP) is 3.85. The van der Waals surface area contributed by atoms with Crippen molar-refractivity contribution in [2.24, 2.45) is 0 Å². The van der Waals surface area contributed by atoms with Gasteiger partial charge in [0.05, 0.1) is 10.3 Å². The van der Waals surface area contributed by atoms with Gasteiger partial charge in [0.1, 0.15) is 10.4 Å². The summed E-state index contributed by atoms with van der Waals surface area (Å²) in [6.45, 7) is 1.71. The molecule has 0 bridgehead atoms. The Balaban J connectivity index is 1.75. The first-order chi connectivity index (χ1) is 13.2. The standard InChI is InChI=1S/C18H18ClN3O4S2/c1-11(27-18-21-14-6-4-5-7-15(14)26-18)17(23)20-12-8-9-13(19)16(10-12)28(24,25)22(2)3/h4-11H,1-3H3,(H,20,23). The van der Waals surface area contributed by atoms with E-state index in [2.05, 4.69) is 10.3 Å². The quantitative estimate of drug-likeness (QED) is 0.586. The van der Waals surface area contributed by atoms with E-state index in [4.69, 9.17) is 16.0 Å². The number of hydrogen-bond donors (Lipinski definition) is 1. The molecule has 0 aliphatic carbocycles. The van der Waals surface area contributed by atoms with Gasteiger partial charge in [-0.25, -0.2) is 17.7 Å². The van der Waals surface area contributed by atoms with Crippen LogP contribution in [0.4, 0.5) is 5.69 Å². The normalized spacial score (nSPS) is 13.0. The molecule has 0 fully saturated rings. The lowest BCUT2D eigenvalue weighted by molar-refractivity contribution is -0.115. The summed E-state index contributed by atoms with van der Waals surface area (Å²) in [6.07, 6.45) is 0. The summed E-state index contributed by atoms with van der Waals surface area (Å²) in [6, 6.07) is 11.7. The Morgan fingerprint density at radius 1 is 1.25 bits per heavy atom. The van der Waals surface area contributed by atoms with E-state index in [1.54, 1.807) is 19.1 Å². The molecule has 28 heavy (non-hydrogen) atoms. The Morgan fingerprint density at radius 3 is 2.64 bits per heavy atom. The number of sulfonamides is 1. The lowest BCUT2D eigenvalue weighted by Crippen LogP contribution is -2.24. The Hall–Kier alpha value is -2.07. The molecule has 148 valence electrons. The smallest absolute Gasteiger partial charge is 0.257 e. The zero-order chi connectivity index (χ0) is 20.5. The number of rotatable bonds is 6. The minimum Gasteiger partial charge on any atom is -0.431 e. The lowest BCUT2D eigenvalue weighted by Gasteiger charge is -2.15. The molecule has 1 atom stereocenters. The first kappa shape index (κ1) is 20.7. The van der Waals surface area contributed by atoms with Crippen LogP contribution in [0.3, 0.4) is 0 Å². The maximum atomic E-state index is 12.5. The molecule has 3 aromatic rings. The number of para-hydroxylation sites is 2. The molecule has 0 saturated carbocycles. The SMILES string of the molecule is CC(Sc1nc2ccccc2o1)C(=O)Nc1ccc(Cl)c(S(=O)(=O)N(C)C)c1. The van der Waals surface area contributed by atoms with Gasteiger partial charge in [-0.3, -0.25) is 4.79 Å². The van der Waals surface area contributed by atoms with Gasteiger partial charge in [0, 0.05) is 19.8 Å². The van der Waals surface area contributed by atoms with Crippen molar-refractivity contribution in [3.8, 4) is 0 Å². The van der Waals surface area contributed by atoms with Crippen LogP contribution in [0.1, 0.15) is 6.92 Å². The maximum absolute atomic E-state index is 12.5. The van der Waals surface area contributed by atoms with E-state index in [0.29, 0.717) is 22.0 Å². The van der Waals surface area contributed by atoms with Crippen LogP contribution in [-0.2, 0) is 14.8 Å². The number of carbonyl (C=O) groups excluding carboxylic acids is 1. The molecule has 0 aliphatic rings. The van der Waals surface area contributed by atoms with Gasteiger partial charge < -0.3 is 9.73 Å². The molecule has 3 rings (SSSR count). The van der Waals surface area contributed by atoms with Gasteiger partial charge in [-0.15, -0.1) is 0 Å². The fraction of sp³-hybridized carbons (Fsp3) is 0.222. The first-order valence-electron chi connectivity index (χ1n) is 8.23. The highest BCUT2D eigenvalue weighted by Crippen LogP contribution is 2.29. The fourth-order valence-electron chi connectivity index (χ4n) is 2.33. The van der Waals surface area contributed by atoms with E-state index in [-0.39, 0.29) is 15.8 Å². The van der Waals surface area contributed by atoms with Gasteiger partial charge in [0.2, 0.25) is 15.9 Å². The summed E-state index contributed by atoms with van der Waals surface area (Å²) < 4.78 is 31.4. The number of anilines is 1. The summed E-state index contributed by atoms with van der Waals surface area (Å²) in [7, 11) is -0.904. The second kappa shape index (κ2) is 8.12. The van der Waals surface area contributed by atoms with E-state index in [1.165, 1.54) is 38.0 Å².